The molecular weight excluding hydrogens is 314 g/mol. The molecule has 1 aromatic carbocycles. The molecule has 3 heterocycles. The van der Waals surface area contributed by atoms with Crippen molar-refractivity contribution in [2.75, 3.05) is 6.61 Å². The van der Waals surface area contributed by atoms with E-state index in [1.165, 1.54) is 5.56 Å². The lowest BCUT2D eigenvalue weighted by Crippen LogP contribution is -2.37. The third-order valence-electron chi connectivity index (χ3n) is 4.16. The number of hydrogen-bond acceptors (Lipinski definition) is 2. The van der Waals surface area contributed by atoms with Crippen molar-refractivity contribution in [3.8, 4) is 0 Å². The Kier molecular flexibility index (Phi) is 2.30. The molecule has 3 aliphatic rings. The van der Waals surface area contributed by atoms with Gasteiger partial charge < -0.3 is 4.74 Å². The Bertz CT molecular complexity index is 646. The van der Waals surface area contributed by atoms with Gasteiger partial charge in [-0.15, -0.1) is 0 Å². The van der Waals surface area contributed by atoms with Crippen LogP contribution in [0.4, 0.5) is 0 Å². The molecule has 2 aromatic rings. The summed E-state index contributed by atoms with van der Waals surface area (Å²) < 4.78 is 6.69. The van der Waals surface area contributed by atoms with Gasteiger partial charge in [-0.2, -0.15) is 0 Å². The maximum absolute atomic E-state index is 6.04. The van der Waals surface area contributed by atoms with Crippen LogP contribution in [0.3, 0.4) is 0 Å². The lowest BCUT2D eigenvalue weighted by Gasteiger charge is -2.35. The van der Waals surface area contributed by atoms with E-state index < -0.39 is 0 Å². The predicted molar refractivity (Wildman–Crippen MR) is 75.1 cm³/mol. The second-order valence-electron chi connectivity index (χ2n) is 5.30. The first-order valence-corrected chi connectivity index (χ1v) is 7.20. The summed E-state index contributed by atoms with van der Waals surface area (Å²) >= 11 is 9.60. The highest BCUT2D eigenvalue weighted by atomic mass is 79.9. The van der Waals surface area contributed by atoms with Crippen molar-refractivity contribution in [1.29, 1.82) is 0 Å². The molecule has 4 heteroatoms. The minimum atomic E-state index is 0.227. The quantitative estimate of drug-likeness (QED) is 0.788. The molecule has 3 fully saturated rings. The Morgan fingerprint density at radius 2 is 2.17 bits per heavy atom. The number of ether oxygens (including phenoxy) is 1. The van der Waals surface area contributed by atoms with Gasteiger partial charge >= 0.3 is 0 Å². The highest BCUT2D eigenvalue weighted by Gasteiger charge is 2.53. The monoisotopic (exact) mass is 323 g/mol. The van der Waals surface area contributed by atoms with Crippen LogP contribution < -0.4 is 0 Å². The smallest absolute Gasteiger partial charge is 0.0728 e. The molecule has 0 amide bonds. The SMILES string of the molecule is Clc1cc(Br)c2cc(C34COC(C3)C4)cnc2c1. The molecule has 2 nitrogen and oxygen atoms in total. The maximum atomic E-state index is 6.04. The third kappa shape index (κ3) is 1.47. The third-order valence-corrected chi connectivity index (χ3v) is 5.03. The van der Waals surface area contributed by atoms with Crippen LogP contribution in [-0.4, -0.2) is 17.7 Å². The Balaban J connectivity index is 1.89. The number of aromatic nitrogens is 1. The van der Waals surface area contributed by atoms with Crippen LogP contribution in [-0.2, 0) is 10.2 Å². The zero-order valence-corrected chi connectivity index (χ0v) is 12.0. The van der Waals surface area contributed by atoms with Crippen LogP contribution in [0.25, 0.3) is 10.9 Å². The molecule has 1 aromatic heterocycles. The van der Waals surface area contributed by atoms with Crippen molar-refractivity contribution >= 4 is 38.4 Å². The van der Waals surface area contributed by atoms with Gasteiger partial charge in [-0.3, -0.25) is 4.98 Å². The molecule has 0 atom stereocenters. The first kappa shape index (κ1) is 11.2. The van der Waals surface area contributed by atoms with E-state index >= 15 is 0 Å². The molecule has 0 unspecified atom stereocenters. The minimum absolute atomic E-state index is 0.227. The Morgan fingerprint density at radius 1 is 1.33 bits per heavy atom. The van der Waals surface area contributed by atoms with Gasteiger partial charge in [0.05, 0.1) is 18.2 Å². The fourth-order valence-electron chi connectivity index (χ4n) is 3.09. The number of rotatable bonds is 1. The number of hydrogen-bond donors (Lipinski definition) is 0. The van der Waals surface area contributed by atoms with Crippen LogP contribution in [0.5, 0.6) is 0 Å². The molecular formula is C14H11BrClNO. The van der Waals surface area contributed by atoms with Crippen molar-refractivity contribution in [3.05, 3.63) is 39.5 Å². The standard InChI is InChI=1S/C14H11BrClNO/c15-12-2-9(16)3-13-11(12)1-8(6-17-13)14-4-10(5-14)18-7-14/h1-3,6,10H,4-5,7H2. The van der Waals surface area contributed by atoms with E-state index in [0.717, 1.165) is 34.8 Å². The van der Waals surface area contributed by atoms with Gasteiger partial charge in [0.1, 0.15) is 0 Å². The van der Waals surface area contributed by atoms with Gasteiger partial charge in [0.25, 0.3) is 0 Å². The zero-order chi connectivity index (χ0) is 12.3. The van der Waals surface area contributed by atoms with Crippen LogP contribution in [0.15, 0.2) is 28.9 Å². The first-order chi connectivity index (χ1) is 8.66. The molecule has 0 spiro atoms. The van der Waals surface area contributed by atoms with Gasteiger partial charge in [0.2, 0.25) is 0 Å². The molecule has 1 saturated carbocycles. The van der Waals surface area contributed by atoms with Crippen molar-refractivity contribution in [1.82, 2.24) is 4.98 Å². The van der Waals surface area contributed by atoms with Gasteiger partial charge in [0.15, 0.2) is 0 Å². The summed E-state index contributed by atoms with van der Waals surface area (Å²) in [6, 6.07) is 6.05. The van der Waals surface area contributed by atoms with E-state index in [9.17, 15) is 0 Å². The Hall–Kier alpha value is -0.640. The minimum Gasteiger partial charge on any atom is -0.377 e. The van der Waals surface area contributed by atoms with Gasteiger partial charge in [-0.1, -0.05) is 27.5 Å². The number of fused-ring (bicyclic) bond motifs is 2. The summed E-state index contributed by atoms with van der Waals surface area (Å²) in [4.78, 5) is 4.55. The van der Waals surface area contributed by atoms with Gasteiger partial charge in [-0.05, 0) is 36.6 Å². The van der Waals surface area contributed by atoms with E-state index in [1.54, 1.807) is 0 Å². The van der Waals surface area contributed by atoms with E-state index in [2.05, 4.69) is 27.0 Å². The molecule has 0 N–H and O–H groups in total. The molecule has 5 rings (SSSR count). The van der Waals surface area contributed by atoms with Crippen molar-refractivity contribution in [2.45, 2.75) is 24.4 Å². The zero-order valence-electron chi connectivity index (χ0n) is 9.62. The second-order valence-corrected chi connectivity index (χ2v) is 6.59. The lowest BCUT2D eigenvalue weighted by atomic mass is 9.66. The van der Waals surface area contributed by atoms with Crippen LogP contribution >= 0.6 is 27.5 Å². The largest absolute Gasteiger partial charge is 0.377 e. The van der Waals surface area contributed by atoms with Crippen LogP contribution in [0.2, 0.25) is 5.02 Å². The maximum Gasteiger partial charge on any atom is 0.0728 e. The molecule has 2 aliphatic heterocycles. The van der Waals surface area contributed by atoms with Crippen LogP contribution in [0.1, 0.15) is 18.4 Å². The molecule has 1 aliphatic carbocycles. The fourth-order valence-corrected chi connectivity index (χ4v) is 4.00. The van der Waals surface area contributed by atoms with Crippen molar-refractivity contribution < 1.29 is 4.74 Å². The fraction of sp³-hybridized carbons (Fsp3) is 0.357. The number of nitrogens with zero attached hydrogens (tertiary/aromatic N) is 1. The summed E-state index contributed by atoms with van der Waals surface area (Å²) in [5.41, 5.74) is 2.46. The van der Waals surface area contributed by atoms with Gasteiger partial charge in [-0.25, -0.2) is 0 Å². The second kappa shape index (κ2) is 3.69. The predicted octanol–water partition coefficient (Wildman–Crippen LogP) is 4.08. The highest BCUT2D eigenvalue weighted by Crippen LogP contribution is 2.52. The van der Waals surface area contributed by atoms with Crippen molar-refractivity contribution in [2.24, 2.45) is 0 Å². The van der Waals surface area contributed by atoms with Crippen molar-refractivity contribution in [3.63, 3.8) is 0 Å². The summed E-state index contributed by atoms with van der Waals surface area (Å²) in [5.74, 6) is 0. The average molecular weight is 325 g/mol. The van der Waals surface area contributed by atoms with Gasteiger partial charge in [0, 0.05) is 26.5 Å². The number of halogens is 2. The summed E-state index contributed by atoms with van der Waals surface area (Å²) in [5, 5.41) is 1.84. The topological polar surface area (TPSA) is 22.1 Å². The lowest BCUT2D eigenvalue weighted by molar-refractivity contribution is 0.123. The summed E-state index contributed by atoms with van der Waals surface area (Å²) in [6.45, 7) is 0.843. The molecule has 2 bridgehead atoms. The normalized spacial score (nSPS) is 29.6. The van der Waals surface area contributed by atoms with Crippen LogP contribution in [0, 0.1) is 0 Å². The number of pyridine rings is 1. The van der Waals surface area contributed by atoms with E-state index in [-0.39, 0.29) is 5.41 Å². The first-order valence-electron chi connectivity index (χ1n) is 6.03. The van der Waals surface area contributed by atoms with E-state index in [1.807, 2.05) is 18.3 Å². The molecule has 2 saturated heterocycles. The summed E-state index contributed by atoms with van der Waals surface area (Å²) in [7, 11) is 0. The molecule has 0 radical (unpaired) electrons. The average Bonchev–Trinajstić information content (AvgIpc) is 2.88. The Labute approximate surface area is 118 Å². The van der Waals surface area contributed by atoms with E-state index in [0.29, 0.717) is 11.1 Å². The number of benzene rings is 1. The Morgan fingerprint density at radius 3 is 2.89 bits per heavy atom. The molecule has 92 valence electrons. The summed E-state index contributed by atoms with van der Waals surface area (Å²) in [6.07, 6.45) is 4.75. The van der Waals surface area contributed by atoms with E-state index in [4.69, 9.17) is 16.3 Å². The highest BCUT2D eigenvalue weighted by molar-refractivity contribution is 9.10. The molecule has 18 heavy (non-hydrogen) atoms.